The van der Waals surface area contributed by atoms with Crippen LogP contribution >= 0.6 is 0 Å². The number of carbonyl (C=O) groups is 1. The van der Waals surface area contributed by atoms with Crippen molar-refractivity contribution in [2.24, 2.45) is 16.8 Å². The molecule has 0 aliphatic heterocycles. The lowest BCUT2D eigenvalue weighted by molar-refractivity contribution is 0.102. The number of carbonyl (C=O) groups excluding carboxylic acids is 1. The van der Waals surface area contributed by atoms with Crippen molar-refractivity contribution in [1.82, 2.24) is 24.5 Å². The molecule has 0 aromatic carbocycles. The van der Waals surface area contributed by atoms with Crippen LogP contribution in [0.1, 0.15) is 55.1 Å². The van der Waals surface area contributed by atoms with Gasteiger partial charge in [-0.2, -0.15) is 5.10 Å². The first-order valence-electron chi connectivity index (χ1n) is 10.8. The minimum atomic E-state index is -0.431. The van der Waals surface area contributed by atoms with E-state index in [9.17, 15) is 9.90 Å². The van der Waals surface area contributed by atoms with Crippen LogP contribution in [0, 0.1) is 6.92 Å². The molecule has 0 bridgehead atoms. The average molecular weight is 466 g/mol. The van der Waals surface area contributed by atoms with E-state index in [2.05, 4.69) is 46.1 Å². The molecule has 0 fully saturated rings. The van der Waals surface area contributed by atoms with E-state index in [1.807, 2.05) is 17.7 Å². The highest BCUT2D eigenvalue weighted by Crippen LogP contribution is 2.23. The summed E-state index contributed by atoms with van der Waals surface area (Å²) in [5, 5.41) is 17.0. The number of nitrogens with one attached hydrogen (secondary N) is 1. The zero-order valence-corrected chi connectivity index (χ0v) is 20.0. The third kappa shape index (κ3) is 5.38. The van der Waals surface area contributed by atoms with Crippen molar-refractivity contribution in [3.8, 4) is 5.69 Å². The van der Waals surface area contributed by atoms with Gasteiger partial charge in [-0.25, -0.2) is 15.8 Å². The molecule has 3 heterocycles. The SMILES string of the molecule is Cc1cnc(C(=O)Nc2cccc(/C(=N/N)N(N)[C@H](C)CO)n2)cc1-n1cnc(C(C)(C)C)c1. The fourth-order valence-electron chi connectivity index (χ4n) is 3.13. The van der Waals surface area contributed by atoms with Crippen molar-refractivity contribution in [3.05, 3.63) is 65.6 Å². The first-order valence-corrected chi connectivity index (χ1v) is 10.8. The van der Waals surface area contributed by atoms with E-state index in [0.29, 0.717) is 5.69 Å². The molecule has 34 heavy (non-hydrogen) atoms. The summed E-state index contributed by atoms with van der Waals surface area (Å²) < 4.78 is 1.88. The Morgan fingerprint density at radius 1 is 1.29 bits per heavy atom. The van der Waals surface area contributed by atoms with Crippen molar-refractivity contribution in [2.45, 2.75) is 46.1 Å². The summed E-state index contributed by atoms with van der Waals surface area (Å²) in [6.07, 6.45) is 5.33. The molecular weight excluding hydrogens is 434 g/mol. The first-order chi connectivity index (χ1) is 16.0. The summed E-state index contributed by atoms with van der Waals surface area (Å²) in [6.45, 7) is 9.71. The van der Waals surface area contributed by atoms with Gasteiger partial charge in [-0.05, 0) is 37.6 Å². The summed E-state index contributed by atoms with van der Waals surface area (Å²) in [5.41, 5.74) is 3.12. The second-order valence-electron chi connectivity index (χ2n) is 9.03. The molecule has 0 radical (unpaired) electrons. The quantitative estimate of drug-likeness (QED) is 0.185. The van der Waals surface area contributed by atoms with Crippen LogP contribution in [0.25, 0.3) is 5.69 Å². The van der Waals surface area contributed by atoms with Gasteiger partial charge in [0.1, 0.15) is 17.2 Å². The summed E-state index contributed by atoms with van der Waals surface area (Å²) in [6, 6.07) is 6.25. The number of aromatic nitrogens is 4. The van der Waals surface area contributed by atoms with Gasteiger partial charge < -0.3 is 20.8 Å². The Morgan fingerprint density at radius 2 is 2.03 bits per heavy atom. The van der Waals surface area contributed by atoms with Gasteiger partial charge >= 0.3 is 0 Å². The maximum absolute atomic E-state index is 13.0. The number of nitrogens with two attached hydrogens (primary N) is 2. The van der Waals surface area contributed by atoms with E-state index < -0.39 is 11.9 Å². The molecule has 180 valence electrons. The summed E-state index contributed by atoms with van der Waals surface area (Å²) >= 11 is 0. The highest BCUT2D eigenvalue weighted by Gasteiger charge is 2.20. The molecular formula is C23H31N9O2. The molecule has 1 amide bonds. The Labute approximate surface area is 198 Å². The van der Waals surface area contributed by atoms with Gasteiger partial charge in [0.2, 0.25) is 0 Å². The number of amides is 1. The first kappa shape index (κ1) is 24.8. The fourth-order valence-corrected chi connectivity index (χ4v) is 3.13. The van der Waals surface area contributed by atoms with E-state index in [1.165, 1.54) is 5.01 Å². The molecule has 0 aliphatic rings. The van der Waals surface area contributed by atoms with Gasteiger partial charge in [0.05, 0.1) is 30.4 Å². The number of hydrogen-bond acceptors (Lipinski definition) is 8. The predicted molar refractivity (Wildman–Crippen MR) is 130 cm³/mol. The standard InChI is InChI=1S/C23H31N9O2/c1-14-10-26-17(9-18(14)31-11-19(27-13-31)23(3,4)5)22(34)29-20-8-6-7-16(28-20)21(30-24)32(25)15(2)12-33/h6-11,13,15,33H,12,24-25H2,1-5H3,(H,28,29,34)/b30-21-/t15-/m1/s1. The molecule has 1 atom stereocenters. The van der Waals surface area contributed by atoms with Gasteiger partial charge in [0, 0.05) is 17.8 Å². The van der Waals surface area contributed by atoms with Crippen LogP contribution in [0.2, 0.25) is 0 Å². The van der Waals surface area contributed by atoms with Crippen LogP contribution in [-0.4, -0.2) is 54.0 Å². The molecule has 3 aromatic rings. The Balaban J connectivity index is 1.85. The summed E-state index contributed by atoms with van der Waals surface area (Å²) in [5.74, 6) is 11.5. The van der Waals surface area contributed by atoms with Crippen molar-refractivity contribution in [1.29, 1.82) is 0 Å². The third-order valence-electron chi connectivity index (χ3n) is 5.26. The van der Waals surface area contributed by atoms with Crippen molar-refractivity contribution < 1.29 is 9.90 Å². The number of imidazole rings is 1. The molecule has 3 rings (SSSR count). The number of aryl methyl sites for hydroxylation is 1. The number of rotatable bonds is 6. The van der Waals surface area contributed by atoms with Crippen LogP contribution in [-0.2, 0) is 5.41 Å². The molecule has 11 heteroatoms. The summed E-state index contributed by atoms with van der Waals surface area (Å²) in [7, 11) is 0. The summed E-state index contributed by atoms with van der Waals surface area (Å²) in [4.78, 5) is 26.1. The lowest BCUT2D eigenvalue weighted by Gasteiger charge is -2.25. The van der Waals surface area contributed by atoms with E-state index in [0.717, 1.165) is 16.9 Å². The normalized spacial score (nSPS) is 13.0. The molecule has 0 saturated carbocycles. The number of amidine groups is 1. The second-order valence-corrected chi connectivity index (χ2v) is 9.03. The van der Waals surface area contributed by atoms with Crippen molar-refractivity contribution in [3.63, 3.8) is 0 Å². The minimum absolute atomic E-state index is 0.0944. The predicted octanol–water partition coefficient (Wildman–Crippen LogP) is 1.70. The second kappa shape index (κ2) is 9.98. The van der Waals surface area contributed by atoms with Gasteiger partial charge in [-0.1, -0.05) is 26.8 Å². The Kier molecular flexibility index (Phi) is 7.28. The van der Waals surface area contributed by atoms with Crippen LogP contribution in [0.3, 0.4) is 0 Å². The number of nitrogens with zero attached hydrogens (tertiary/aromatic N) is 6. The highest BCUT2D eigenvalue weighted by molar-refractivity contribution is 6.03. The Morgan fingerprint density at radius 3 is 2.65 bits per heavy atom. The van der Waals surface area contributed by atoms with Gasteiger partial charge in [-0.15, -0.1) is 0 Å². The number of anilines is 1. The van der Waals surface area contributed by atoms with Crippen LogP contribution < -0.4 is 17.0 Å². The van der Waals surface area contributed by atoms with Crippen molar-refractivity contribution >= 4 is 17.6 Å². The van der Waals surface area contributed by atoms with E-state index in [4.69, 9.17) is 11.7 Å². The molecule has 0 unspecified atom stereocenters. The average Bonchev–Trinajstić information content (AvgIpc) is 3.30. The number of pyridine rings is 2. The maximum atomic E-state index is 13.0. The number of aliphatic hydroxyl groups excluding tert-OH is 1. The number of aliphatic hydroxyl groups is 1. The lowest BCUT2D eigenvalue weighted by Crippen LogP contribution is -2.47. The molecule has 0 aliphatic carbocycles. The van der Waals surface area contributed by atoms with Crippen LogP contribution in [0.4, 0.5) is 5.82 Å². The largest absolute Gasteiger partial charge is 0.394 e. The third-order valence-corrected chi connectivity index (χ3v) is 5.26. The smallest absolute Gasteiger partial charge is 0.275 e. The highest BCUT2D eigenvalue weighted by atomic mass is 16.3. The van der Waals surface area contributed by atoms with Gasteiger partial charge in [0.15, 0.2) is 5.84 Å². The zero-order valence-electron chi connectivity index (χ0n) is 20.0. The van der Waals surface area contributed by atoms with Crippen LogP contribution in [0.15, 0.2) is 48.1 Å². The number of hydrazone groups is 1. The fraction of sp³-hybridized carbons (Fsp3) is 0.348. The maximum Gasteiger partial charge on any atom is 0.275 e. The molecule has 6 N–H and O–H groups in total. The van der Waals surface area contributed by atoms with Crippen LogP contribution in [0.5, 0.6) is 0 Å². The number of hydrogen-bond donors (Lipinski definition) is 4. The van der Waals surface area contributed by atoms with E-state index in [-0.39, 0.29) is 29.4 Å². The zero-order chi connectivity index (χ0) is 25.0. The van der Waals surface area contributed by atoms with E-state index in [1.54, 1.807) is 43.7 Å². The topological polar surface area (TPSA) is 161 Å². The lowest BCUT2D eigenvalue weighted by atomic mass is 9.93. The molecule has 3 aromatic heterocycles. The monoisotopic (exact) mass is 465 g/mol. The minimum Gasteiger partial charge on any atom is -0.394 e. The molecule has 11 nitrogen and oxygen atoms in total. The Hall–Kier alpha value is -3.83. The Bertz CT molecular complexity index is 1200. The molecule has 0 spiro atoms. The molecule has 0 saturated heterocycles. The van der Waals surface area contributed by atoms with E-state index >= 15 is 0 Å². The number of hydrazine groups is 1. The van der Waals surface area contributed by atoms with Crippen molar-refractivity contribution in [2.75, 3.05) is 11.9 Å². The van der Waals surface area contributed by atoms with Gasteiger partial charge in [-0.3, -0.25) is 14.8 Å². The van der Waals surface area contributed by atoms with Gasteiger partial charge in [0.25, 0.3) is 5.91 Å².